The van der Waals surface area contributed by atoms with E-state index in [4.69, 9.17) is 4.74 Å². The van der Waals surface area contributed by atoms with Crippen molar-refractivity contribution in [3.05, 3.63) is 24.0 Å². The van der Waals surface area contributed by atoms with Crippen LogP contribution in [0.25, 0.3) is 0 Å². The predicted octanol–water partition coefficient (Wildman–Crippen LogP) is 0.976. The molecule has 4 nitrogen and oxygen atoms in total. The van der Waals surface area contributed by atoms with Crippen molar-refractivity contribution in [1.82, 2.24) is 4.98 Å². The van der Waals surface area contributed by atoms with Crippen molar-refractivity contribution in [3.63, 3.8) is 0 Å². The van der Waals surface area contributed by atoms with Crippen LogP contribution in [0.4, 0.5) is 5.69 Å². The molecule has 2 heterocycles. The molecule has 1 aromatic heterocycles. The molecule has 0 radical (unpaired) electrons. The summed E-state index contributed by atoms with van der Waals surface area (Å²) in [6.07, 6.45) is 1.34. The van der Waals surface area contributed by atoms with E-state index in [-0.39, 0.29) is 6.10 Å². The molecule has 1 fully saturated rings. The second-order valence-electron chi connectivity index (χ2n) is 4.25. The molecule has 1 saturated heterocycles. The lowest BCUT2D eigenvalue weighted by Gasteiger charge is -2.35. The van der Waals surface area contributed by atoms with Gasteiger partial charge in [0.2, 0.25) is 0 Å². The van der Waals surface area contributed by atoms with Crippen molar-refractivity contribution in [2.75, 3.05) is 24.6 Å². The third-order valence-corrected chi connectivity index (χ3v) is 2.89. The maximum Gasteiger partial charge on any atom is 0.101 e. The summed E-state index contributed by atoms with van der Waals surface area (Å²) in [6, 6.07) is 4.06. The Hall–Kier alpha value is -1.13. The van der Waals surface area contributed by atoms with Gasteiger partial charge in [0.15, 0.2) is 0 Å². The van der Waals surface area contributed by atoms with Crippen LogP contribution in [0, 0.1) is 6.92 Å². The topological polar surface area (TPSA) is 45.6 Å². The van der Waals surface area contributed by atoms with Crippen LogP contribution in [-0.4, -0.2) is 42.0 Å². The summed E-state index contributed by atoms with van der Waals surface area (Å²) in [7, 11) is 0. The number of hydrogen-bond donors (Lipinski definition) is 1. The highest BCUT2D eigenvalue weighted by Crippen LogP contribution is 2.18. The predicted molar refractivity (Wildman–Crippen MR) is 62.6 cm³/mol. The van der Waals surface area contributed by atoms with Gasteiger partial charge in [0.1, 0.15) is 6.10 Å². The Morgan fingerprint density at radius 1 is 1.56 bits per heavy atom. The van der Waals surface area contributed by atoms with E-state index in [1.807, 2.05) is 19.2 Å². The monoisotopic (exact) mass is 222 g/mol. The standard InChI is InChI=1S/C12H18N2O2/c1-9-3-4-11(7-13-9)14-5-6-16-12(8-14)10(2)15/h3-4,7,10,12,15H,5-6,8H2,1-2H3. The van der Waals surface area contributed by atoms with Crippen LogP contribution in [0.1, 0.15) is 12.6 Å². The zero-order valence-corrected chi connectivity index (χ0v) is 9.76. The summed E-state index contributed by atoms with van der Waals surface area (Å²) in [6.45, 7) is 5.98. The number of rotatable bonds is 2. The summed E-state index contributed by atoms with van der Waals surface area (Å²) in [4.78, 5) is 6.48. The first-order valence-electron chi connectivity index (χ1n) is 5.64. The molecule has 88 valence electrons. The number of aromatic nitrogens is 1. The van der Waals surface area contributed by atoms with Crippen LogP contribution >= 0.6 is 0 Å². The van der Waals surface area contributed by atoms with E-state index >= 15 is 0 Å². The van der Waals surface area contributed by atoms with E-state index in [0.29, 0.717) is 6.61 Å². The fourth-order valence-corrected chi connectivity index (χ4v) is 1.85. The molecule has 2 unspecified atom stereocenters. The van der Waals surface area contributed by atoms with E-state index in [9.17, 15) is 5.11 Å². The van der Waals surface area contributed by atoms with Crippen LogP contribution in [0.5, 0.6) is 0 Å². The number of ether oxygens (including phenoxy) is 1. The first kappa shape index (κ1) is 11.4. The SMILES string of the molecule is Cc1ccc(N2CCOC(C(C)O)C2)cn1. The Bertz CT molecular complexity index is 337. The maximum absolute atomic E-state index is 9.52. The molecule has 0 amide bonds. The van der Waals surface area contributed by atoms with Crippen LogP contribution < -0.4 is 4.90 Å². The third kappa shape index (κ3) is 2.51. The van der Waals surface area contributed by atoms with Crippen LogP contribution in [-0.2, 0) is 4.74 Å². The van der Waals surface area contributed by atoms with Crippen molar-refractivity contribution in [2.45, 2.75) is 26.1 Å². The normalized spacial score (nSPS) is 23.2. The Morgan fingerprint density at radius 2 is 2.38 bits per heavy atom. The largest absolute Gasteiger partial charge is 0.391 e. The molecule has 1 aliphatic heterocycles. The quantitative estimate of drug-likeness (QED) is 0.810. The first-order valence-corrected chi connectivity index (χ1v) is 5.64. The molecule has 0 spiro atoms. The number of morpholine rings is 1. The zero-order valence-electron chi connectivity index (χ0n) is 9.76. The lowest BCUT2D eigenvalue weighted by Crippen LogP contribution is -2.47. The van der Waals surface area contributed by atoms with Crippen LogP contribution in [0.3, 0.4) is 0 Å². The molecule has 2 atom stereocenters. The average Bonchev–Trinajstić information content (AvgIpc) is 2.30. The highest BCUT2D eigenvalue weighted by molar-refractivity contribution is 5.45. The van der Waals surface area contributed by atoms with Crippen molar-refractivity contribution in [1.29, 1.82) is 0 Å². The van der Waals surface area contributed by atoms with Crippen molar-refractivity contribution < 1.29 is 9.84 Å². The van der Waals surface area contributed by atoms with E-state index in [1.54, 1.807) is 6.92 Å². The van der Waals surface area contributed by atoms with Gasteiger partial charge in [-0.25, -0.2) is 0 Å². The summed E-state index contributed by atoms with van der Waals surface area (Å²) in [5.41, 5.74) is 2.11. The van der Waals surface area contributed by atoms with Gasteiger partial charge in [-0.05, 0) is 26.0 Å². The molecule has 16 heavy (non-hydrogen) atoms. The Kier molecular flexibility index (Phi) is 3.41. The van der Waals surface area contributed by atoms with E-state index in [0.717, 1.165) is 24.5 Å². The van der Waals surface area contributed by atoms with Crippen LogP contribution in [0.2, 0.25) is 0 Å². The van der Waals surface area contributed by atoms with Gasteiger partial charge in [-0.1, -0.05) is 0 Å². The molecule has 1 aliphatic rings. The average molecular weight is 222 g/mol. The van der Waals surface area contributed by atoms with Gasteiger partial charge in [-0.2, -0.15) is 0 Å². The molecule has 1 N–H and O–H groups in total. The lowest BCUT2D eigenvalue weighted by atomic mass is 10.1. The van der Waals surface area contributed by atoms with Gasteiger partial charge < -0.3 is 14.7 Å². The van der Waals surface area contributed by atoms with Gasteiger partial charge >= 0.3 is 0 Å². The number of hydrogen-bond acceptors (Lipinski definition) is 4. The smallest absolute Gasteiger partial charge is 0.101 e. The van der Waals surface area contributed by atoms with Crippen LogP contribution in [0.15, 0.2) is 18.3 Å². The van der Waals surface area contributed by atoms with E-state index in [1.165, 1.54) is 0 Å². The summed E-state index contributed by atoms with van der Waals surface area (Å²) in [5.74, 6) is 0. The Morgan fingerprint density at radius 3 is 3.00 bits per heavy atom. The molecule has 1 aromatic rings. The number of nitrogens with zero attached hydrogens (tertiary/aromatic N) is 2. The van der Waals surface area contributed by atoms with Gasteiger partial charge in [0, 0.05) is 18.8 Å². The number of aliphatic hydroxyl groups excluding tert-OH is 1. The highest BCUT2D eigenvalue weighted by Gasteiger charge is 2.24. The molecule has 0 aliphatic carbocycles. The fourth-order valence-electron chi connectivity index (χ4n) is 1.85. The Balaban J connectivity index is 2.06. The third-order valence-electron chi connectivity index (χ3n) is 2.89. The second kappa shape index (κ2) is 4.80. The maximum atomic E-state index is 9.52. The van der Waals surface area contributed by atoms with Gasteiger partial charge in [-0.3, -0.25) is 4.98 Å². The zero-order chi connectivity index (χ0) is 11.5. The molecular weight excluding hydrogens is 204 g/mol. The summed E-state index contributed by atoms with van der Waals surface area (Å²) in [5, 5.41) is 9.52. The van der Waals surface area contributed by atoms with Crippen molar-refractivity contribution in [3.8, 4) is 0 Å². The van der Waals surface area contributed by atoms with Crippen molar-refractivity contribution >= 4 is 5.69 Å². The number of aliphatic hydroxyl groups is 1. The van der Waals surface area contributed by atoms with E-state index < -0.39 is 6.10 Å². The first-order chi connectivity index (χ1) is 7.66. The minimum absolute atomic E-state index is 0.102. The second-order valence-corrected chi connectivity index (χ2v) is 4.25. The molecule has 0 bridgehead atoms. The minimum Gasteiger partial charge on any atom is -0.391 e. The Labute approximate surface area is 95.9 Å². The highest BCUT2D eigenvalue weighted by atomic mass is 16.5. The summed E-state index contributed by atoms with van der Waals surface area (Å²) < 4.78 is 5.50. The minimum atomic E-state index is -0.429. The lowest BCUT2D eigenvalue weighted by molar-refractivity contribution is -0.0364. The van der Waals surface area contributed by atoms with Gasteiger partial charge in [0.05, 0.1) is 24.6 Å². The fraction of sp³-hybridized carbons (Fsp3) is 0.583. The molecule has 2 rings (SSSR count). The number of aryl methyl sites for hydroxylation is 1. The molecule has 4 heteroatoms. The van der Waals surface area contributed by atoms with E-state index in [2.05, 4.69) is 16.0 Å². The van der Waals surface area contributed by atoms with Gasteiger partial charge in [-0.15, -0.1) is 0 Å². The number of anilines is 1. The van der Waals surface area contributed by atoms with Crippen molar-refractivity contribution in [2.24, 2.45) is 0 Å². The molecule has 0 aromatic carbocycles. The molecular formula is C12H18N2O2. The summed E-state index contributed by atoms with van der Waals surface area (Å²) >= 11 is 0. The number of pyridine rings is 1. The molecule has 0 saturated carbocycles. The van der Waals surface area contributed by atoms with Gasteiger partial charge in [0.25, 0.3) is 0 Å².